The number of hydrogen-bond acceptors (Lipinski definition) is 5. The van der Waals surface area contributed by atoms with Gasteiger partial charge in [-0.25, -0.2) is 13.1 Å². The van der Waals surface area contributed by atoms with Gasteiger partial charge < -0.3 is 14.4 Å². The van der Waals surface area contributed by atoms with E-state index >= 15 is 0 Å². The van der Waals surface area contributed by atoms with E-state index < -0.39 is 10.0 Å². The average molecular weight is 356 g/mol. The molecule has 24 heavy (non-hydrogen) atoms. The molecule has 0 atom stereocenters. The maximum Gasteiger partial charge on any atom is 0.260 e. The van der Waals surface area contributed by atoms with Gasteiger partial charge in [-0.3, -0.25) is 4.79 Å². The molecule has 1 heterocycles. The van der Waals surface area contributed by atoms with Crippen molar-refractivity contribution < 1.29 is 22.7 Å². The summed E-state index contributed by atoms with van der Waals surface area (Å²) in [6.07, 6.45) is 2.37. The van der Waals surface area contributed by atoms with Crippen molar-refractivity contribution in [3.05, 3.63) is 24.3 Å². The number of rotatable bonds is 7. The van der Waals surface area contributed by atoms with Gasteiger partial charge in [-0.15, -0.1) is 0 Å². The Morgan fingerprint density at radius 1 is 1.17 bits per heavy atom. The van der Waals surface area contributed by atoms with Crippen LogP contribution in [0.3, 0.4) is 0 Å². The predicted molar refractivity (Wildman–Crippen MR) is 90.7 cm³/mol. The molecule has 1 saturated heterocycles. The van der Waals surface area contributed by atoms with Gasteiger partial charge >= 0.3 is 0 Å². The van der Waals surface area contributed by atoms with Crippen LogP contribution in [0.4, 0.5) is 0 Å². The number of carbonyl (C=O) groups excluding carboxylic acids is 1. The Kier molecular flexibility index (Phi) is 6.44. The molecule has 1 aromatic rings. The third kappa shape index (κ3) is 6.01. The van der Waals surface area contributed by atoms with E-state index in [-0.39, 0.29) is 18.6 Å². The highest BCUT2D eigenvalue weighted by molar-refractivity contribution is 7.88. The van der Waals surface area contributed by atoms with Gasteiger partial charge in [-0.1, -0.05) is 0 Å². The predicted octanol–water partition coefficient (Wildman–Crippen LogP) is 1.00. The molecule has 1 aliphatic rings. The van der Waals surface area contributed by atoms with Crippen LogP contribution in [0.25, 0.3) is 0 Å². The lowest BCUT2D eigenvalue weighted by Gasteiger charge is -2.31. The van der Waals surface area contributed by atoms with Crippen molar-refractivity contribution in [2.24, 2.45) is 0 Å². The lowest BCUT2D eigenvalue weighted by atomic mass is 10.1. The van der Waals surface area contributed by atoms with E-state index in [2.05, 4.69) is 4.72 Å². The smallest absolute Gasteiger partial charge is 0.260 e. The molecule has 2 rings (SSSR count). The first-order valence-corrected chi connectivity index (χ1v) is 9.87. The number of carbonyl (C=O) groups is 1. The van der Waals surface area contributed by atoms with Crippen LogP contribution in [0.5, 0.6) is 11.5 Å². The van der Waals surface area contributed by atoms with E-state index in [1.165, 1.54) is 0 Å². The van der Waals surface area contributed by atoms with Crippen LogP contribution < -0.4 is 14.2 Å². The molecule has 134 valence electrons. The molecular weight excluding hydrogens is 332 g/mol. The molecule has 0 bridgehead atoms. The molecule has 1 amide bonds. The van der Waals surface area contributed by atoms with E-state index in [0.717, 1.165) is 12.0 Å². The van der Waals surface area contributed by atoms with E-state index in [1.54, 1.807) is 29.2 Å². The van der Waals surface area contributed by atoms with Gasteiger partial charge in [0.15, 0.2) is 6.61 Å². The minimum atomic E-state index is -3.20. The normalized spacial score (nSPS) is 16.0. The summed E-state index contributed by atoms with van der Waals surface area (Å²) in [5, 5.41) is 0. The molecule has 0 unspecified atom stereocenters. The van der Waals surface area contributed by atoms with Crippen molar-refractivity contribution >= 4 is 15.9 Å². The molecule has 1 N–H and O–H groups in total. The quantitative estimate of drug-likeness (QED) is 0.788. The van der Waals surface area contributed by atoms with Crippen LogP contribution in [0.1, 0.15) is 19.8 Å². The van der Waals surface area contributed by atoms with Gasteiger partial charge in [0, 0.05) is 19.1 Å². The summed E-state index contributed by atoms with van der Waals surface area (Å²) in [7, 11) is -3.20. The number of piperidine rings is 1. The Balaban J connectivity index is 1.75. The van der Waals surface area contributed by atoms with E-state index in [9.17, 15) is 13.2 Å². The SMILES string of the molecule is CCOc1ccc(OCC(=O)N2CCC(NS(C)(=O)=O)CC2)cc1. The molecule has 8 heteroatoms. The second-order valence-electron chi connectivity index (χ2n) is 5.74. The molecule has 0 radical (unpaired) electrons. The monoisotopic (exact) mass is 356 g/mol. The van der Waals surface area contributed by atoms with Crippen molar-refractivity contribution in [2.45, 2.75) is 25.8 Å². The number of hydrogen-bond donors (Lipinski definition) is 1. The fourth-order valence-corrected chi connectivity index (χ4v) is 3.43. The van der Waals surface area contributed by atoms with E-state index in [4.69, 9.17) is 9.47 Å². The summed E-state index contributed by atoms with van der Waals surface area (Å²) in [5.74, 6) is 1.28. The Morgan fingerprint density at radius 3 is 2.21 bits per heavy atom. The van der Waals surface area contributed by atoms with Crippen molar-refractivity contribution in [3.8, 4) is 11.5 Å². The first-order valence-electron chi connectivity index (χ1n) is 7.98. The fraction of sp³-hybridized carbons (Fsp3) is 0.562. The van der Waals surface area contributed by atoms with Gasteiger partial charge in [-0.2, -0.15) is 0 Å². The maximum atomic E-state index is 12.2. The number of amides is 1. The highest BCUT2D eigenvalue weighted by Gasteiger charge is 2.24. The van der Waals surface area contributed by atoms with Gasteiger partial charge in [0.05, 0.1) is 12.9 Å². The summed E-state index contributed by atoms with van der Waals surface area (Å²) in [4.78, 5) is 13.9. The second kappa shape index (κ2) is 8.34. The maximum absolute atomic E-state index is 12.2. The average Bonchev–Trinajstić information content (AvgIpc) is 2.53. The molecule has 1 fully saturated rings. The van der Waals surface area contributed by atoms with Crippen LogP contribution in [-0.2, 0) is 14.8 Å². The summed E-state index contributed by atoms with van der Waals surface area (Å²) in [6, 6.07) is 7.02. The molecule has 0 aromatic heterocycles. The zero-order valence-electron chi connectivity index (χ0n) is 14.0. The Hall–Kier alpha value is -1.80. The third-order valence-corrected chi connectivity index (χ3v) is 4.49. The zero-order valence-corrected chi connectivity index (χ0v) is 14.8. The number of sulfonamides is 1. The fourth-order valence-electron chi connectivity index (χ4n) is 2.58. The van der Waals surface area contributed by atoms with Crippen molar-refractivity contribution in [1.29, 1.82) is 0 Å². The van der Waals surface area contributed by atoms with Crippen LogP contribution >= 0.6 is 0 Å². The Labute approximate surface area is 143 Å². The zero-order chi connectivity index (χ0) is 17.6. The highest BCUT2D eigenvalue weighted by atomic mass is 32.2. The molecule has 7 nitrogen and oxygen atoms in total. The first kappa shape index (κ1) is 18.5. The number of benzene rings is 1. The molecule has 0 spiro atoms. The molecule has 1 aromatic carbocycles. The summed E-state index contributed by atoms with van der Waals surface area (Å²) in [5.41, 5.74) is 0. The molecule has 0 saturated carbocycles. The van der Waals surface area contributed by atoms with Crippen LogP contribution in [-0.4, -0.2) is 57.8 Å². The number of likely N-dealkylation sites (tertiary alicyclic amines) is 1. The number of nitrogens with one attached hydrogen (secondary N) is 1. The summed E-state index contributed by atoms with van der Waals surface area (Å²) in [6.45, 7) is 3.54. The van der Waals surface area contributed by atoms with E-state index in [0.29, 0.717) is 38.3 Å². The largest absolute Gasteiger partial charge is 0.494 e. The number of nitrogens with zero attached hydrogens (tertiary/aromatic N) is 1. The topological polar surface area (TPSA) is 84.9 Å². The standard InChI is InChI=1S/C16H24N2O5S/c1-3-22-14-4-6-15(7-5-14)23-12-16(19)18-10-8-13(9-11-18)17-24(2,20)21/h4-7,13,17H,3,8-12H2,1-2H3. The van der Waals surface area contributed by atoms with Crippen molar-refractivity contribution in [2.75, 3.05) is 32.6 Å². The first-order chi connectivity index (χ1) is 11.4. The van der Waals surface area contributed by atoms with Crippen LogP contribution in [0, 0.1) is 0 Å². The van der Waals surface area contributed by atoms with Gasteiger partial charge in [0.2, 0.25) is 10.0 Å². The van der Waals surface area contributed by atoms with Crippen LogP contribution in [0.2, 0.25) is 0 Å². The van der Waals surface area contributed by atoms with Gasteiger partial charge in [-0.05, 0) is 44.0 Å². The van der Waals surface area contributed by atoms with Crippen molar-refractivity contribution in [1.82, 2.24) is 9.62 Å². The highest BCUT2D eigenvalue weighted by Crippen LogP contribution is 2.18. The molecule has 0 aliphatic carbocycles. The van der Waals surface area contributed by atoms with Crippen LogP contribution in [0.15, 0.2) is 24.3 Å². The third-order valence-electron chi connectivity index (χ3n) is 3.73. The minimum Gasteiger partial charge on any atom is -0.494 e. The van der Waals surface area contributed by atoms with Crippen molar-refractivity contribution in [3.63, 3.8) is 0 Å². The Bertz CT molecular complexity index is 637. The molecule has 1 aliphatic heterocycles. The Morgan fingerprint density at radius 2 is 1.71 bits per heavy atom. The lowest BCUT2D eigenvalue weighted by molar-refractivity contribution is -0.134. The summed E-state index contributed by atoms with van der Waals surface area (Å²) >= 11 is 0. The lowest BCUT2D eigenvalue weighted by Crippen LogP contribution is -2.47. The van der Waals surface area contributed by atoms with E-state index in [1.807, 2.05) is 6.92 Å². The minimum absolute atomic E-state index is 0.0296. The van der Waals surface area contributed by atoms with Gasteiger partial charge in [0.25, 0.3) is 5.91 Å². The summed E-state index contributed by atoms with van der Waals surface area (Å²) < 4.78 is 35.9. The number of ether oxygens (including phenoxy) is 2. The van der Waals surface area contributed by atoms with Gasteiger partial charge in [0.1, 0.15) is 11.5 Å². The molecular formula is C16H24N2O5S. The second-order valence-corrected chi connectivity index (χ2v) is 7.52.